The second-order valence-electron chi connectivity index (χ2n) is 22.1. The lowest BCUT2D eigenvalue weighted by Crippen LogP contribution is -2.45. The molecule has 2 unspecified atom stereocenters. The smallest absolute Gasteiger partial charge is 0.305 e. The summed E-state index contributed by atoms with van der Waals surface area (Å²) in [5, 5.41) is 23.3. The zero-order chi connectivity index (χ0) is 51.4. The Kier molecular flexibility index (Phi) is 59.5. The Balaban J connectivity index is 3.40. The van der Waals surface area contributed by atoms with E-state index in [1.807, 2.05) is 0 Å². The monoisotopic (exact) mass is 1000 g/mol. The summed E-state index contributed by atoms with van der Waals surface area (Å²) in [5.41, 5.74) is 0. The molecule has 0 aromatic carbocycles. The molecule has 420 valence electrons. The Morgan fingerprint density at radius 2 is 0.662 bits per heavy atom. The Morgan fingerprint density at radius 1 is 0.380 bits per heavy atom. The van der Waals surface area contributed by atoms with Gasteiger partial charge in [-0.25, -0.2) is 0 Å². The van der Waals surface area contributed by atoms with E-state index in [0.717, 1.165) is 44.9 Å². The fourth-order valence-electron chi connectivity index (χ4n) is 10.0. The van der Waals surface area contributed by atoms with Crippen LogP contribution in [0.15, 0.2) is 24.3 Å². The minimum absolute atomic E-state index is 0.00373. The van der Waals surface area contributed by atoms with Crippen LogP contribution in [-0.4, -0.2) is 47.4 Å². The Bertz CT molecular complexity index is 1110. The summed E-state index contributed by atoms with van der Waals surface area (Å²) in [6.45, 7) is 4.95. The molecule has 71 heavy (non-hydrogen) atoms. The van der Waals surface area contributed by atoms with Gasteiger partial charge in [-0.3, -0.25) is 9.59 Å². The number of hydrogen-bond donors (Lipinski definition) is 3. The molecule has 0 radical (unpaired) electrons. The van der Waals surface area contributed by atoms with Crippen LogP contribution >= 0.6 is 0 Å². The lowest BCUT2D eigenvalue weighted by atomic mass is 10.0. The highest BCUT2D eigenvalue weighted by molar-refractivity contribution is 5.76. The van der Waals surface area contributed by atoms with Gasteiger partial charge in [0.05, 0.1) is 25.4 Å². The fraction of sp³-hybridized carbons (Fsp3) is 0.908. The van der Waals surface area contributed by atoms with E-state index in [9.17, 15) is 19.8 Å². The minimum atomic E-state index is -0.666. The maximum Gasteiger partial charge on any atom is 0.305 e. The molecule has 0 aromatic rings. The van der Waals surface area contributed by atoms with E-state index < -0.39 is 12.1 Å². The van der Waals surface area contributed by atoms with Crippen molar-refractivity contribution < 1.29 is 24.5 Å². The van der Waals surface area contributed by atoms with Crippen LogP contribution in [0.25, 0.3) is 0 Å². The number of aliphatic hydroxyl groups is 2. The molecule has 1 amide bonds. The number of carbonyl (C=O) groups excluding carboxylic acids is 2. The summed E-state index contributed by atoms with van der Waals surface area (Å²) in [6, 6.07) is -0.544. The third-order valence-electron chi connectivity index (χ3n) is 15.0. The summed E-state index contributed by atoms with van der Waals surface area (Å²) in [4.78, 5) is 24.5. The topological polar surface area (TPSA) is 95.9 Å². The van der Waals surface area contributed by atoms with Crippen molar-refractivity contribution in [3.05, 3.63) is 24.3 Å². The minimum Gasteiger partial charge on any atom is -0.466 e. The van der Waals surface area contributed by atoms with Crippen LogP contribution in [0.3, 0.4) is 0 Å². The van der Waals surface area contributed by atoms with Crippen LogP contribution in [0.5, 0.6) is 0 Å². The summed E-state index contributed by atoms with van der Waals surface area (Å²) in [6.07, 6.45) is 74.8. The number of allylic oxidation sites excluding steroid dienone is 4. The number of esters is 1. The van der Waals surface area contributed by atoms with Gasteiger partial charge in [0.15, 0.2) is 0 Å². The van der Waals surface area contributed by atoms with Crippen molar-refractivity contribution in [3.8, 4) is 0 Å². The number of carbonyl (C=O) groups is 2. The first-order chi connectivity index (χ1) is 35.0. The van der Waals surface area contributed by atoms with Crippen molar-refractivity contribution in [2.75, 3.05) is 13.2 Å². The molecule has 2 atom stereocenters. The number of aliphatic hydroxyl groups excluding tert-OH is 2. The van der Waals surface area contributed by atoms with Gasteiger partial charge in [0, 0.05) is 12.8 Å². The Labute approximate surface area is 443 Å². The second-order valence-corrected chi connectivity index (χ2v) is 22.1. The highest BCUT2D eigenvalue weighted by atomic mass is 16.5. The molecule has 0 rings (SSSR count). The van der Waals surface area contributed by atoms with E-state index in [4.69, 9.17) is 4.74 Å². The van der Waals surface area contributed by atoms with Gasteiger partial charge >= 0.3 is 5.97 Å². The highest BCUT2D eigenvalue weighted by Crippen LogP contribution is 2.18. The third kappa shape index (κ3) is 57.5. The second kappa shape index (κ2) is 60.9. The summed E-state index contributed by atoms with van der Waals surface area (Å²) < 4.78 is 5.47. The Hall–Kier alpha value is -1.66. The molecule has 3 N–H and O–H groups in total. The molecule has 0 aromatic heterocycles. The predicted molar refractivity (Wildman–Crippen MR) is 310 cm³/mol. The number of unbranched alkanes of at least 4 members (excludes halogenated alkanes) is 45. The lowest BCUT2D eigenvalue weighted by Gasteiger charge is -2.22. The first-order valence-corrected chi connectivity index (χ1v) is 32.1. The normalized spacial score (nSPS) is 12.7. The molecule has 0 saturated heterocycles. The number of ether oxygens (including phenoxy) is 1. The van der Waals surface area contributed by atoms with Gasteiger partial charge in [-0.15, -0.1) is 0 Å². The first kappa shape index (κ1) is 69.3. The van der Waals surface area contributed by atoms with Gasteiger partial charge in [0.2, 0.25) is 5.91 Å². The maximum absolute atomic E-state index is 12.5. The van der Waals surface area contributed by atoms with Gasteiger partial charge < -0.3 is 20.3 Å². The highest BCUT2D eigenvalue weighted by Gasteiger charge is 2.20. The first-order valence-electron chi connectivity index (χ1n) is 32.1. The van der Waals surface area contributed by atoms with Gasteiger partial charge in [-0.1, -0.05) is 289 Å². The lowest BCUT2D eigenvalue weighted by molar-refractivity contribution is -0.143. The van der Waals surface area contributed by atoms with Crippen molar-refractivity contribution in [1.29, 1.82) is 0 Å². The van der Waals surface area contributed by atoms with Gasteiger partial charge in [-0.2, -0.15) is 0 Å². The molecule has 6 nitrogen and oxygen atoms in total. The number of hydrogen-bond acceptors (Lipinski definition) is 5. The average Bonchev–Trinajstić information content (AvgIpc) is 3.37. The summed E-state index contributed by atoms with van der Waals surface area (Å²) in [5.74, 6) is -0.0316. The molecule has 0 heterocycles. The van der Waals surface area contributed by atoms with E-state index in [2.05, 4.69) is 43.5 Å². The SMILES string of the molecule is CCCCC/C=C\CCCCCCCC(=O)OCCCCCCCCCCCCCC/C=C\CCCCCCCCCCCC(=O)NC(CO)C(O)CCCCCCCCCCCCCCCCCCC. The van der Waals surface area contributed by atoms with Crippen molar-refractivity contribution in [2.24, 2.45) is 0 Å². The summed E-state index contributed by atoms with van der Waals surface area (Å²) in [7, 11) is 0. The quantitative estimate of drug-likeness (QED) is 0.0320. The van der Waals surface area contributed by atoms with Crippen LogP contribution in [0, 0.1) is 0 Å². The Morgan fingerprint density at radius 3 is 1.03 bits per heavy atom. The molecule has 0 bridgehead atoms. The van der Waals surface area contributed by atoms with Crippen LogP contribution in [-0.2, 0) is 14.3 Å². The standard InChI is InChI=1S/C65H125NO5/c1-3-5-7-9-11-13-15-17-18-28-31-34-37-41-45-49-53-57-63(68)62(61-67)66-64(69)58-54-50-46-42-38-35-32-29-26-24-22-20-19-21-23-25-27-30-33-36-40-44-48-52-56-60-71-65(70)59-55-51-47-43-39-16-14-12-10-8-6-4-2/h12,14,20,22,62-63,67-68H,3-11,13,15-19,21,23-61H2,1-2H3,(H,66,69)/b14-12-,22-20-. The molecule has 0 aliphatic carbocycles. The fourth-order valence-corrected chi connectivity index (χ4v) is 10.0. The molecule has 0 aliphatic heterocycles. The van der Waals surface area contributed by atoms with E-state index in [1.165, 1.54) is 276 Å². The third-order valence-corrected chi connectivity index (χ3v) is 15.0. The van der Waals surface area contributed by atoms with Crippen LogP contribution in [0.2, 0.25) is 0 Å². The zero-order valence-electron chi connectivity index (χ0n) is 48.0. The van der Waals surface area contributed by atoms with Gasteiger partial charge in [-0.05, 0) is 77.0 Å². The predicted octanol–water partition coefficient (Wildman–Crippen LogP) is 20.2. The van der Waals surface area contributed by atoms with Crippen molar-refractivity contribution in [2.45, 2.75) is 366 Å². The van der Waals surface area contributed by atoms with Crippen LogP contribution < -0.4 is 5.32 Å². The van der Waals surface area contributed by atoms with Crippen molar-refractivity contribution in [3.63, 3.8) is 0 Å². The summed E-state index contributed by atoms with van der Waals surface area (Å²) >= 11 is 0. The largest absolute Gasteiger partial charge is 0.466 e. The molecule has 6 heteroatoms. The van der Waals surface area contributed by atoms with E-state index >= 15 is 0 Å². The molecular formula is C65H125NO5. The molecular weight excluding hydrogens is 875 g/mol. The van der Waals surface area contributed by atoms with E-state index in [0.29, 0.717) is 25.9 Å². The molecule has 0 spiro atoms. The molecule has 0 fully saturated rings. The van der Waals surface area contributed by atoms with Crippen LogP contribution in [0.4, 0.5) is 0 Å². The van der Waals surface area contributed by atoms with E-state index in [-0.39, 0.29) is 18.5 Å². The molecule has 0 aliphatic rings. The number of amides is 1. The number of rotatable bonds is 60. The van der Waals surface area contributed by atoms with Crippen LogP contribution in [0.1, 0.15) is 354 Å². The van der Waals surface area contributed by atoms with Gasteiger partial charge in [0.1, 0.15) is 0 Å². The van der Waals surface area contributed by atoms with Gasteiger partial charge in [0.25, 0.3) is 0 Å². The van der Waals surface area contributed by atoms with Crippen molar-refractivity contribution >= 4 is 11.9 Å². The maximum atomic E-state index is 12.5. The van der Waals surface area contributed by atoms with E-state index in [1.54, 1.807) is 0 Å². The zero-order valence-corrected chi connectivity index (χ0v) is 48.0. The average molecular weight is 1000 g/mol. The molecule has 0 saturated carbocycles. The number of nitrogens with one attached hydrogen (secondary N) is 1. The van der Waals surface area contributed by atoms with Crippen molar-refractivity contribution in [1.82, 2.24) is 5.32 Å².